The van der Waals surface area contributed by atoms with Gasteiger partial charge in [0, 0.05) is 0 Å². The average Bonchev–Trinajstić information content (AvgIpc) is 2.84. The first-order valence-corrected chi connectivity index (χ1v) is 8.25. The number of hydrogen-bond donors (Lipinski definition) is 0. The van der Waals surface area contributed by atoms with Gasteiger partial charge in [0.1, 0.15) is 0 Å². The Morgan fingerprint density at radius 3 is 2.67 bits per heavy atom. The Morgan fingerprint density at radius 2 is 1.95 bits per heavy atom. The molecule has 21 heavy (non-hydrogen) atoms. The summed E-state index contributed by atoms with van der Waals surface area (Å²) in [5.74, 6) is -1.30. The minimum atomic E-state index is -3.68. The van der Waals surface area contributed by atoms with Gasteiger partial charge in [-0.1, -0.05) is 41.7 Å². The topological polar surface area (TPSA) is 81.4 Å². The fraction of sp³-hybridized carbons (Fsp3) is 0.0833. The number of fused-ring (bicyclic) bond motifs is 1. The monoisotopic (exact) mass is 325 g/mol. The smallest absolute Gasteiger partial charge is 0.264 e. The molecule has 3 aromatic rings. The molecule has 2 aromatic heterocycles. The van der Waals surface area contributed by atoms with E-state index in [4.69, 9.17) is 0 Å². The first kappa shape index (κ1) is 13.8. The number of nitrogens with zero attached hydrogens (tertiary/aromatic N) is 3. The van der Waals surface area contributed by atoms with Crippen molar-refractivity contribution in [1.82, 2.24) is 14.6 Å². The quantitative estimate of drug-likeness (QED) is 0.724. The van der Waals surface area contributed by atoms with Crippen LogP contribution in [0.25, 0.3) is 4.96 Å². The Hall–Kier alpha value is -2.13. The Labute approximate surface area is 122 Å². The summed E-state index contributed by atoms with van der Waals surface area (Å²) in [5, 5.41) is 3.79. The summed E-state index contributed by atoms with van der Waals surface area (Å²) in [6.07, 6.45) is 0.822. The highest BCUT2D eigenvalue weighted by Crippen LogP contribution is 2.21. The van der Waals surface area contributed by atoms with Crippen molar-refractivity contribution in [2.45, 2.75) is 10.1 Å². The molecule has 2 heterocycles. The van der Waals surface area contributed by atoms with Crippen LogP contribution in [-0.4, -0.2) is 23.0 Å². The van der Waals surface area contributed by atoms with Crippen molar-refractivity contribution in [3.8, 4) is 0 Å². The first-order chi connectivity index (χ1) is 9.95. The molecule has 0 amide bonds. The van der Waals surface area contributed by atoms with Crippen LogP contribution in [0.1, 0.15) is 5.56 Å². The maximum absolute atomic E-state index is 13.1. The van der Waals surface area contributed by atoms with Crippen LogP contribution in [0.15, 0.2) is 45.7 Å². The fourth-order valence-corrected chi connectivity index (χ4v) is 4.19. The molecule has 9 heteroatoms. The molecule has 0 saturated carbocycles. The normalized spacial score (nSPS) is 11.9. The minimum Gasteiger partial charge on any atom is -0.264 e. The summed E-state index contributed by atoms with van der Waals surface area (Å²) in [7, 11) is -3.68. The van der Waals surface area contributed by atoms with Crippen LogP contribution >= 0.6 is 11.3 Å². The lowest BCUT2D eigenvalue weighted by atomic mass is 10.2. The lowest BCUT2D eigenvalue weighted by molar-refractivity contribution is 0.584. The van der Waals surface area contributed by atoms with Crippen LogP contribution in [0.5, 0.6) is 0 Å². The lowest BCUT2D eigenvalue weighted by Crippen LogP contribution is -2.12. The average molecular weight is 325 g/mol. The van der Waals surface area contributed by atoms with E-state index in [2.05, 4.69) is 10.1 Å². The van der Waals surface area contributed by atoms with E-state index >= 15 is 0 Å². The number of hydrogen-bond acceptors (Lipinski definition) is 6. The molecule has 0 bridgehead atoms. The molecular formula is C12H8FN3O3S2. The van der Waals surface area contributed by atoms with Crippen molar-refractivity contribution in [1.29, 1.82) is 0 Å². The number of benzene rings is 1. The number of sulfone groups is 1. The van der Waals surface area contributed by atoms with Gasteiger partial charge in [-0.25, -0.2) is 12.9 Å². The minimum absolute atomic E-state index is 0.0352. The van der Waals surface area contributed by atoms with Gasteiger partial charge >= 0.3 is 5.56 Å². The van der Waals surface area contributed by atoms with Gasteiger partial charge in [0.2, 0.25) is 25.0 Å². The highest BCUT2D eigenvalue weighted by molar-refractivity contribution is 7.92. The van der Waals surface area contributed by atoms with Gasteiger partial charge in [0.05, 0.1) is 11.9 Å². The second kappa shape index (κ2) is 5.01. The van der Waals surface area contributed by atoms with Crippen LogP contribution in [-0.2, 0) is 15.6 Å². The summed E-state index contributed by atoms with van der Waals surface area (Å²) in [4.78, 5) is 14.6. The van der Waals surface area contributed by atoms with E-state index < -0.39 is 21.2 Å². The molecule has 0 aliphatic heterocycles. The van der Waals surface area contributed by atoms with E-state index in [1.165, 1.54) is 0 Å². The van der Waals surface area contributed by atoms with E-state index in [-0.39, 0.29) is 15.1 Å². The zero-order valence-corrected chi connectivity index (χ0v) is 12.1. The zero-order chi connectivity index (χ0) is 15.0. The molecule has 0 N–H and O–H groups in total. The van der Waals surface area contributed by atoms with Gasteiger partial charge in [0.15, 0.2) is 0 Å². The molecule has 0 aliphatic carbocycles. The third-order valence-electron chi connectivity index (χ3n) is 2.67. The summed E-state index contributed by atoms with van der Waals surface area (Å²) in [6, 6.07) is 8.63. The highest BCUT2D eigenvalue weighted by Gasteiger charge is 2.21. The van der Waals surface area contributed by atoms with Crippen molar-refractivity contribution in [3.63, 3.8) is 0 Å². The van der Waals surface area contributed by atoms with Crippen LogP contribution in [0.4, 0.5) is 4.39 Å². The van der Waals surface area contributed by atoms with E-state index in [1.807, 2.05) is 0 Å². The zero-order valence-electron chi connectivity index (χ0n) is 10.4. The molecule has 1 aromatic carbocycles. The molecule has 0 unspecified atom stereocenters. The summed E-state index contributed by atoms with van der Waals surface area (Å²) in [6.45, 7) is 0. The number of halogens is 1. The molecular weight excluding hydrogens is 317 g/mol. The molecule has 0 fully saturated rings. The van der Waals surface area contributed by atoms with E-state index in [1.54, 1.807) is 30.3 Å². The second-order valence-corrected chi connectivity index (χ2v) is 7.35. The van der Waals surface area contributed by atoms with Gasteiger partial charge in [0.25, 0.3) is 0 Å². The van der Waals surface area contributed by atoms with Crippen molar-refractivity contribution in [3.05, 3.63) is 58.3 Å². The molecule has 0 radical (unpaired) electrons. The van der Waals surface area contributed by atoms with Crippen molar-refractivity contribution >= 4 is 26.1 Å². The summed E-state index contributed by atoms with van der Waals surface area (Å²) < 4.78 is 38.4. The molecule has 0 saturated heterocycles. The molecule has 3 rings (SSSR count). The molecule has 108 valence electrons. The molecule has 0 spiro atoms. The molecule has 6 nitrogen and oxygen atoms in total. The fourth-order valence-electron chi connectivity index (χ4n) is 1.72. The van der Waals surface area contributed by atoms with Crippen molar-refractivity contribution < 1.29 is 12.8 Å². The van der Waals surface area contributed by atoms with Crippen LogP contribution in [0, 0.1) is 5.82 Å². The van der Waals surface area contributed by atoms with Gasteiger partial charge in [-0.2, -0.15) is 9.37 Å². The predicted octanol–water partition coefficient (Wildman–Crippen LogP) is 1.26. The van der Waals surface area contributed by atoms with Crippen molar-refractivity contribution in [2.24, 2.45) is 0 Å². The summed E-state index contributed by atoms with van der Waals surface area (Å²) >= 11 is 0.732. The van der Waals surface area contributed by atoms with Crippen LogP contribution < -0.4 is 5.56 Å². The van der Waals surface area contributed by atoms with Crippen LogP contribution in [0.3, 0.4) is 0 Å². The summed E-state index contributed by atoms with van der Waals surface area (Å²) in [5.41, 5.74) is -0.420. The van der Waals surface area contributed by atoms with Gasteiger partial charge < -0.3 is 0 Å². The van der Waals surface area contributed by atoms with E-state index in [0.717, 1.165) is 22.0 Å². The third-order valence-corrected chi connectivity index (χ3v) is 5.72. The van der Waals surface area contributed by atoms with E-state index in [0.29, 0.717) is 5.56 Å². The first-order valence-electron chi connectivity index (χ1n) is 5.78. The lowest BCUT2D eigenvalue weighted by Gasteiger charge is -1.99. The van der Waals surface area contributed by atoms with Gasteiger partial charge in [-0.05, 0) is 5.56 Å². The van der Waals surface area contributed by atoms with Gasteiger partial charge in [-0.3, -0.25) is 4.79 Å². The Kier molecular flexibility index (Phi) is 3.30. The number of rotatable bonds is 3. The Morgan fingerprint density at radius 1 is 1.24 bits per heavy atom. The second-order valence-electron chi connectivity index (χ2n) is 4.23. The standard InChI is InChI=1S/C12H8FN3O3S2/c13-9-6-16-11(14-10(9)17)20-12(15-16)21(18,19)7-8-4-2-1-3-5-8/h1-6H,7H2. The molecule has 0 aliphatic rings. The maximum atomic E-state index is 13.1. The van der Waals surface area contributed by atoms with Gasteiger partial charge in [-0.15, -0.1) is 5.10 Å². The molecule has 0 atom stereocenters. The SMILES string of the molecule is O=c1nc2sc(S(=O)(=O)Cc3ccccc3)nn2cc1F. The predicted molar refractivity (Wildman–Crippen MR) is 74.4 cm³/mol. The Bertz CT molecular complexity index is 964. The largest absolute Gasteiger partial charge is 0.310 e. The maximum Gasteiger partial charge on any atom is 0.310 e. The Balaban J connectivity index is 2.05. The van der Waals surface area contributed by atoms with Crippen molar-refractivity contribution in [2.75, 3.05) is 0 Å². The van der Waals surface area contributed by atoms with Crippen LogP contribution in [0.2, 0.25) is 0 Å². The van der Waals surface area contributed by atoms with E-state index in [9.17, 15) is 17.6 Å². The highest BCUT2D eigenvalue weighted by atomic mass is 32.2. The third kappa shape index (κ3) is 2.69. The number of aromatic nitrogens is 3.